The van der Waals surface area contributed by atoms with E-state index in [-0.39, 0.29) is 0 Å². The van der Waals surface area contributed by atoms with Crippen molar-refractivity contribution in [3.05, 3.63) is 28.8 Å². The Balaban J connectivity index is 1.70. The Hall–Kier alpha value is -0.420. The number of aliphatic hydroxyl groups excluding tert-OH is 1. The van der Waals surface area contributed by atoms with Gasteiger partial charge in [-0.25, -0.2) is 0 Å². The Morgan fingerprint density at radius 3 is 3.11 bits per heavy atom. The van der Waals surface area contributed by atoms with Crippen molar-refractivity contribution in [2.24, 2.45) is 0 Å². The molecule has 0 aliphatic carbocycles. The molecular formula is C14H20ClNO2S. The van der Waals surface area contributed by atoms with Gasteiger partial charge >= 0.3 is 0 Å². The molecule has 2 atom stereocenters. The number of thioether (sulfide) groups is 1. The van der Waals surface area contributed by atoms with Crippen molar-refractivity contribution in [1.82, 2.24) is 5.32 Å². The molecule has 106 valence electrons. The topological polar surface area (TPSA) is 41.5 Å². The molecule has 2 unspecified atom stereocenters. The Kier molecular flexibility index (Phi) is 5.82. The van der Waals surface area contributed by atoms with Crippen LogP contribution >= 0.6 is 23.4 Å². The average molecular weight is 302 g/mol. The molecule has 2 N–H and O–H groups in total. The fourth-order valence-corrected chi connectivity index (χ4v) is 3.26. The van der Waals surface area contributed by atoms with Gasteiger partial charge < -0.3 is 15.2 Å². The summed E-state index contributed by atoms with van der Waals surface area (Å²) < 4.78 is 5.56. The minimum absolute atomic E-state index is 0.300. The molecule has 1 aromatic rings. The van der Waals surface area contributed by atoms with E-state index < -0.39 is 6.10 Å². The van der Waals surface area contributed by atoms with Gasteiger partial charge in [0.2, 0.25) is 0 Å². The second kappa shape index (κ2) is 7.39. The largest absolute Gasteiger partial charge is 0.491 e. The number of nitrogens with one attached hydrogen (secondary N) is 1. The molecule has 0 amide bonds. The van der Waals surface area contributed by atoms with Gasteiger partial charge in [0.05, 0.1) is 0 Å². The van der Waals surface area contributed by atoms with Crippen molar-refractivity contribution in [1.29, 1.82) is 0 Å². The molecule has 1 heterocycles. The van der Waals surface area contributed by atoms with Crippen LogP contribution in [0.5, 0.6) is 5.75 Å². The molecule has 0 saturated carbocycles. The number of aryl methyl sites for hydroxylation is 1. The Bertz CT molecular complexity index is 410. The first-order chi connectivity index (χ1) is 9.15. The second-order valence-electron chi connectivity index (χ2n) is 4.84. The molecule has 1 aliphatic heterocycles. The molecule has 0 bridgehead atoms. The van der Waals surface area contributed by atoms with Gasteiger partial charge in [0.25, 0.3) is 0 Å². The molecule has 0 spiro atoms. The molecular weight excluding hydrogens is 282 g/mol. The lowest BCUT2D eigenvalue weighted by Gasteiger charge is -2.16. The molecule has 0 aromatic heterocycles. The normalized spacial score (nSPS) is 20.5. The molecule has 1 aliphatic rings. The third kappa shape index (κ3) is 4.88. The monoisotopic (exact) mass is 301 g/mol. The maximum atomic E-state index is 9.87. The van der Waals surface area contributed by atoms with E-state index in [0.29, 0.717) is 19.2 Å². The van der Waals surface area contributed by atoms with Crippen LogP contribution < -0.4 is 10.1 Å². The number of ether oxygens (including phenoxy) is 1. The third-order valence-corrected chi connectivity index (χ3v) is 4.73. The zero-order valence-electron chi connectivity index (χ0n) is 11.1. The van der Waals surface area contributed by atoms with Crippen LogP contribution in [0, 0.1) is 6.92 Å². The molecule has 1 fully saturated rings. The Morgan fingerprint density at radius 2 is 2.42 bits per heavy atom. The zero-order valence-corrected chi connectivity index (χ0v) is 12.6. The summed E-state index contributed by atoms with van der Waals surface area (Å²) in [7, 11) is 0. The lowest BCUT2D eigenvalue weighted by atomic mass is 10.2. The Morgan fingerprint density at radius 1 is 1.58 bits per heavy atom. The van der Waals surface area contributed by atoms with E-state index in [4.69, 9.17) is 16.3 Å². The van der Waals surface area contributed by atoms with Crippen molar-refractivity contribution >= 4 is 23.4 Å². The highest BCUT2D eigenvalue weighted by Crippen LogP contribution is 2.21. The van der Waals surface area contributed by atoms with Gasteiger partial charge in [-0.2, -0.15) is 11.8 Å². The quantitative estimate of drug-likeness (QED) is 0.847. The first kappa shape index (κ1) is 15.0. The highest BCUT2D eigenvalue weighted by atomic mass is 35.5. The first-order valence-corrected chi connectivity index (χ1v) is 8.06. The van der Waals surface area contributed by atoms with Crippen molar-refractivity contribution in [3.63, 3.8) is 0 Å². The summed E-state index contributed by atoms with van der Waals surface area (Å²) in [4.78, 5) is 0. The highest BCUT2D eigenvalue weighted by Gasteiger charge is 2.16. The van der Waals surface area contributed by atoms with Gasteiger partial charge in [-0.3, -0.25) is 0 Å². The van der Waals surface area contributed by atoms with E-state index in [1.807, 2.05) is 36.9 Å². The van der Waals surface area contributed by atoms with Crippen molar-refractivity contribution in [2.75, 3.05) is 24.7 Å². The Labute approximate surface area is 123 Å². The fourth-order valence-electron chi connectivity index (χ4n) is 1.96. The third-order valence-electron chi connectivity index (χ3n) is 3.14. The zero-order chi connectivity index (χ0) is 13.7. The maximum absolute atomic E-state index is 9.87. The summed E-state index contributed by atoms with van der Waals surface area (Å²) in [5.41, 5.74) is 0.981. The number of halogens is 1. The SMILES string of the molecule is Cc1cc(OCC(O)CNC2CCSC2)ccc1Cl. The van der Waals surface area contributed by atoms with Crippen LogP contribution in [0.25, 0.3) is 0 Å². The number of aliphatic hydroxyl groups is 1. The second-order valence-corrected chi connectivity index (χ2v) is 6.40. The maximum Gasteiger partial charge on any atom is 0.119 e. The van der Waals surface area contributed by atoms with E-state index in [1.54, 1.807) is 0 Å². The minimum Gasteiger partial charge on any atom is -0.491 e. The minimum atomic E-state index is -0.485. The predicted molar refractivity (Wildman–Crippen MR) is 81.4 cm³/mol. The lowest BCUT2D eigenvalue weighted by molar-refractivity contribution is 0.104. The van der Waals surface area contributed by atoms with Crippen molar-refractivity contribution in [2.45, 2.75) is 25.5 Å². The number of hydrogen-bond donors (Lipinski definition) is 2. The van der Waals surface area contributed by atoms with Crippen molar-refractivity contribution in [3.8, 4) is 5.75 Å². The molecule has 3 nitrogen and oxygen atoms in total. The predicted octanol–water partition coefficient (Wildman–Crippen LogP) is 2.48. The summed E-state index contributed by atoms with van der Waals surface area (Å²) in [5, 5.41) is 14.0. The van der Waals surface area contributed by atoms with Gasteiger partial charge in [-0.15, -0.1) is 0 Å². The lowest BCUT2D eigenvalue weighted by Crippen LogP contribution is -2.37. The summed E-state index contributed by atoms with van der Waals surface area (Å²) in [6.07, 6.45) is 0.704. The number of benzene rings is 1. The van der Waals surface area contributed by atoms with E-state index >= 15 is 0 Å². The van der Waals surface area contributed by atoms with Crippen molar-refractivity contribution < 1.29 is 9.84 Å². The molecule has 2 rings (SSSR count). The summed E-state index contributed by atoms with van der Waals surface area (Å²) in [6, 6.07) is 6.06. The summed E-state index contributed by atoms with van der Waals surface area (Å²) in [6.45, 7) is 2.82. The van der Waals surface area contributed by atoms with E-state index in [2.05, 4.69) is 5.32 Å². The van der Waals surface area contributed by atoms with Gasteiger partial charge in [0.1, 0.15) is 18.5 Å². The van der Waals surface area contributed by atoms with Gasteiger partial charge in [0, 0.05) is 23.4 Å². The van der Waals surface area contributed by atoms with Crippen LogP contribution in [0.2, 0.25) is 5.02 Å². The highest BCUT2D eigenvalue weighted by molar-refractivity contribution is 7.99. The van der Waals surface area contributed by atoms with Gasteiger partial charge in [-0.05, 0) is 42.9 Å². The molecule has 19 heavy (non-hydrogen) atoms. The molecule has 1 aromatic carbocycles. The first-order valence-electron chi connectivity index (χ1n) is 6.53. The molecule has 5 heteroatoms. The van der Waals surface area contributed by atoms with Gasteiger partial charge in [-0.1, -0.05) is 11.6 Å². The van der Waals surface area contributed by atoms with Crippen LogP contribution in [-0.2, 0) is 0 Å². The van der Waals surface area contributed by atoms with Crippen LogP contribution in [0.15, 0.2) is 18.2 Å². The van der Waals surface area contributed by atoms with E-state index in [9.17, 15) is 5.11 Å². The van der Waals surface area contributed by atoms with E-state index in [0.717, 1.165) is 22.1 Å². The van der Waals surface area contributed by atoms with Crippen LogP contribution in [0.3, 0.4) is 0 Å². The smallest absolute Gasteiger partial charge is 0.119 e. The fraction of sp³-hybridized carbons (Fsp3) is 0.571. The summed E-state index contributed by atoms with van der Waals surface area (Å²) in [5.74, 6) is 3.11. The van der Waals surface area contributed by atoms with Crippen LogP contribution in [0.4, 0.5) is 0 Å². The molecule has 0 radical (unpaired) electrons. The van der Waals surface area contributed by atoms with Gasteiger partial charge in [0.15, 0.2) is 0 Å². The standard InChI is InChI=1S/C14H20ClNO2S/c1-10-6-13(2-3-14(10)15)18-8-12(17)7-16-11-4-5-19-9-11/h2-3,6,11-12,16-17H,4-5,7-9H2,1H3. The number of hydrogen-bond acceptors (Lipinski definition) is 4. The van der Waals surface area contributed by atoms with Crippen LogP contribution in [-0.4, -0.2) is 41.9 Å². The summed E-state index contributed by atoms with van der Waals surface area (Å²) >= 11 is 7.91. The van der Waals surface area contributed by atoms with E-state index in [1.165, 1.54) is 12.2 Å². The molecule has 1 saturated heterocycles. The van der Waals surface area contributed by atoms with Crippen LogP contribution in [0.1, 0.15) is 12.0 Å². The average Bonchev–Trinajstić information content (AvgIpc) is 2.91. The number of rotatable bonds is 6.